The van der Waals surface area contributed by atoms with Gasteiger partial charge in [-0.3, -0.25) is 0 Å². The van der Waals surface area contributed by atoms with E-state index in [1.165, 1.54) is 12.1 Å². The highest BCUT2D eigenvalue weighted by atomic mass is 19.1. The molecule has 1 aromatic carbocycles. The zero-order valence-corrected chi connectivity index (χ0v) is 9.98. The van der Waals surface area contributed by atoms with E-state index in [9.17, 15) is 14.0 Å². The van der Waals surface area contributed by atoms with Gasteiger partial charge in [0, 0.05) is 6.61 Å². The van der Waals surface area contributed by atoms with Crippen LogP contribution in [0.3, 0.4) is 0 Å². The molecular weight excluding hydrogens is 255 g/mol. The summed E-state index contributed by atoms with van der Waals surface area (Å²) in [6.45, 7) is 1.03. The summed E-state index contributed by atoms with van der Waals surface area (Å²) in [6.07, 6.45) is 0.716. The van der Waals surface area contributed by atoms with E-state index in [1.807, 2.05) is 0 Å². The first-order valence-electron chi connectivity index (χ1n) is 5.74. The SMILES string of the molecule is O=C(Nc1ccc(C(=O)O)cc1F)NC1CCOC1. The molecule has 0 saturated carbocycles. The number of aromatic carboxylic acids is 1. The Morgan fingerprint density at radius 1 is 1.42 bits per heavy atom. The molecule has 0 aromatic heterocycles. The number of hydrogen-bond acceptors (Lipinski definition) is 3. The molecule has 1 heterocycles. The van der Waals surface area contributed by atoms with E-state index in [-0.39, 0.29) is 17.3 Å². The first kappa shape index (κ1) is 13.3. The molecule has 0 radical (unpaired) electrons. The number of ether oxygens (including phenoxy) is 1. The fraction of sp³-hybridized carbons (Fsp3) is 0.333. The van der Waals surface area contributed by atoms with E-state index in [2.05, 4.69) is 10.6 Å². The summed E-state index contributed by atoms with van der Waals surface area (Å²) in [5.41, 5.74) is -0.242. The maximum Gasteiger partial charge on any atom is 0.335 e. The van der Waals surface area contributed by atoms with Crippen LogP contribution in [0.25, 0.3) is 0 Å². The summed E-state index contributed by atoms with van der Waals surface area (Å²) in [4.78, 5) is 22.2. The molecule has 0 aliphatic carbocycles. The van der Waals surface area contributed by atoms with Crippen molar-refractivity contribution >= 4 is 17.7 Å². The Balaban J connectivity index is 1.98. The van der Waals surface area contributed by atoms with Crippen LogP contribution in [-0.4, -0.2) is 36.4 Å². The molecule has 19 heavy (non-hydrogen) atoms. The number of carbonyl (C=O) groups is 2. The molecule has 2 amide bonds. The standard InChI is InChI=1S/C12H13FN2O4/c13-9-5-7(11(16)17)1-2-10(9)15-12(18)14-8-3-4-19-6-8/h1-2,5,8H,3-4,6H2,(H,16,17)(H2,14,15,18). The van der Waals surface area contributed by atoms with Crippen LogP contribution in [0.2, 0.25) is 0 Å². The number of hydrogen-bond donors (Lipinski definition) is 3. The second-order valence-corrected chi connectivity index (χ2v) is 4.16. The van der Waals surface area contributed by atoms with Crippen molar-refractivity contribution in [2.75, 3.05) is 18.5 Å². The predicted octanol–water partition coefficient (Wildman–Crippen LogP) is 1.43. The molecule has 0 spiro atoms. The molecule has 1 unspecified atom stereocenters. The lowest BCUT2D eigenvalue weighted by atomic mass is 10.2. The average Bonchev–Trinajstić information content (AvgIpc) is 2.84. The molecule has 1 aliphatic rings. The molecule has 6 nitrogen and oxygen atoms in total. The van der Waals surface area contributed by atoms with Gasteiger partial charge >= 0.3 is 12.0 Å². The van der Waals surface area contributed by atoms with Crippen LogP contribution in [0, 0.1) is 5.82 Å². The molecule has 102 valence electrons. The molecule has 3 N–H and O–H groups in total. The first-order chi connectivity index (χ1) is 9.06. The number of carboxylic acid groups (broad SMARTS) is 1. The predicted molar refractivity (Wildman–Crippen MR) is 64.7 cm³/mol. The third kappa shape index (κ3) is 3.41. The molecule has 7 heteroatoms. The summed E-state index contributed by atoms with van der Waals surface area (Å²) >= 11 is 0. The Morgan fingerprint density at radius 2 is 2.21 bits per heavy atom. The summed E-state index contributed by atoms with van der Waals surface area (Å²) in [6, 6.07) is 2.67. The summed E-state index contributed by atoms with van der Waals surface area (Å²) < 4.78 is 18.6. The van der Waals surface area contributed by atoms with Gasteiger partial charge in [-0.05, 0) is 24.6 Å². The topological polar surface area (TPSA) is 87.7 Å². The van der Waals surface area contributed by atoms with Crippen LogP contribution in [-0.2, 0) is 4.74 Å². The zero-order chi connectivity index (χ0) is 13.8. The largest absolute Gasteiger partial charge is 0.478 e. The highest BCUT2D eigenvalue weighted by Crippen LogP contribution is 2.16. The van der Waals surface area contributed by atoms with Gasteiger partial charge in [-0.25, -0.2) is 14.0 Å². The van der Waals surface area contributed by atoms with Crippen LogP contribution < -0.4 is 10.6 Å². The van der Waals surface area contributed by atoms with E-state index in [1.54, 1.807) is 0 Å². The van der Waals surface area contributed by atoms with E-state index >= 15 is 0 Å². The van der Waals surface area contributed by atoms with Crippen molar-refractivity contribution < 1.29 is 23.8 Å². The second kappa shape index (κ2) is 5.66. The van der Waals surface area contributed by atoms with Crippen LogP contribution in [0.1, 0.15) is 16.8 Å². The fourth-order valence-electron chi connectivity index (χ4n) is 1.74. The van der Waals surface area contributed by atoms with Crippen molar-refractivity contribution in [1.29, 1.82) is 0 Å². The number of anilines is 1. The minimum atomic E-state index is -1.22. The van der Waals surface area contributed by atoms with Crippen LogP contribution in [0.4, 0.5) is 14.9 Å². The van der Waals surface area contributed by atoms with Gasteiger partial charge in [0.25, 0.3) is 0 Å². The number of benzene rings is 1. The first-order valence-corrected chi connectivity index (χ1v) is 5.74. The number of nitrogens with one attached hydrogen (secondary N) is 2. The van der Waals surface area contributed by atoms with E-state index in [0.717, 1.165) is 6.07 Å². The Labute approximate surface area is 108 Å². The van der Waals surface area contributed by atoms with Gasteiger partial charge in [-0.1, -0.05) is 0 Å². The molecular formula is C12H13FN2O4. The highest BCUT2D eigenvalue weighted by Gasteiger charge is 2.18. The highest BCUT2D eigenvalue weighted by molar-refractivity contribution is 5.91. The lowest BCUT2D eigenvalue weighted by molar-refractivity contribution is 0.0696. The quantitative estimate of drug-likeness (QED) is 0.774. The molecule has 1 atom stereocenters. The van der Waals surface area contributed by atoms with Gasteiger partial charge in [-0.15, -0.1) is 0 Å². The lowest BCUT2D eigenvalue weighted by Crippen LogP contribution is -2.38. The Kier molecular flexibility index (Phi) is 3.96. The third-order valence-electron chi connectivity index (χ3n) is 2.73. The fourth-order valence-corrected chi connectivity index (χ4v) is 1.74. The van der Waals surface area contributed by atoms with Gasteiger partial charge in [0.2, 0.25) is 0 Å². The molecule has 1 aliphatic heterocycles. The van der Waals surface area contributed by atoms with Crippen LogP contribution >= 0.6 is 0 Å². The summed E-state index contributed by atoms with van der Waals surface area (Å²) in [5, 5.41) is 13.7. The minimum absolute atomic E-state index is 0.0681. The monoisotopic (exact) mass is 268 g/mol. The van der Waals surface area contributed by atoms with Crippen LogP contribution in [0.15, 0.2) is 18.2 Å². The van der Waals surface area contributed by atoms with Gasteiger partial charge < -0.3 is 20.5 Å². The Bertz CT molecular complexity index is 501. The van der Waals surface area contributed by atoms with Crippen molar-refractivity contribution in [3.63, 3.8) is 0 Å². The molecule has 1 saturated heterocycles. The third-order valence-corrected chi connectivity index (χ3v) is 2.73. The molecule has 1 fully saturated rings. The van der Waals surface area contributed by atoms with E-state index in [0.29, 0.717) is 19.6 Å². The van der Waals surface area contributed by atoms with Crippen molar-refractivity contribution in [3.8, 4) is 0 Å². The zero-order valence-electron chi connectivity index (χ0n) is 9.98. The Morgan fingerprint density at radius 3 is 2.79 bits per heavy atom. The van der Waals surface area contributed by atoms with Crippen molar-refractivity contribution in [1.82, 2.24) is 5.32 Å². The summed E-state index contributed by atoms with van der Waals surface area (Å²) in [5.74, 6) is -2.02. The smallest absolute Gasteiger partial charge is 0.335 e. The Hall–Kier alpha value is -2.15. The number of amides is 2. The van der Waals surface area contributed by atoms with Gasteiger partial charge in [-0.2, -0.15) is 0 Å². The van der Waals surface area contributed by atoms with E-state index in [4.69, 9.17) is 9.84 Å². The average molecular weight is 268 g/mol. The second-order valence-electron chi connectivity index (χ2n) is 4.16. The van der Waals surface area contributed by atoms with Crippen molar-refractivity contribution in [3.05, 3.63) is 29.6 Å². The maximum absolute atomic E-state index is 13.6. The number of carboxylic acids is 1. The summed E-state index contributed by atoms with van der Waals surface area (Å²) in [7, 11) is 0. The molecule has 0 bridgehead atoms. The number of urea groups is 1. The van der Waals surface area contributed by atoms with Gasteiger partial charge in [0.15, 0.2) is 0 Å². The van der Waals surface area contributed by atoms with Crippen molar-refractivity contribution in [2.24, 2.45) is 0 Å². The lowest BCUT2D eigenvalue weighted by Gasteiger charge is -2.12. The van der Waals surface area contributed by atoms with Crippen LogP contribution in [0.5, 0.6) is 0 Å². The van der Waals surface area contributed by atoms with Gasteiger partial charge in [0.1, 0.15) is 5.82 Å². The number of carbonyl (C=O) groups excluding carboxylic acids is 1. The van der Waals surface area contributed by atoms with Crippen molar-refractivity contribution in [2.45, 2.75) is 12.5 Å². The number of rotatable bonds is 3. The molecule has 1 aromatic rings. The minimum Gasteiger partial charge on any atom is -0.478 e. The van der Waals surface area contributed by atoms with Gasteiger partial charge in [0.05, 0.1) is 23.9 Å². The molecule has 2 rings (SSSR count). The normalized spacial score (nSPS) is 18.1. The maximum atomic E-state index is 13.6. The van der Waals surface area contributed by atoms with E-state index < -0.39 is 17.8 Å². The number of halogens is 1.